The number of halogens is 3. The normalized spacial score (nSPS) is 15.7. The summed E-state index contributed by atoms with van der Waals surface area (Å²) in [6.07, 6.45) is 2.87. The number of thiophene rings is 1. The first-order valence-corrected chi connectivity index (χ1v) is 10.8. The molecule has 1 atom stereocenters. The number of fused-ring (bicyclic) bond motifs is 1. The molecule has 1 aromatic heterocycles. The van der Waals surface area contributed by atoms with E-state index in [1.54, 1.807) is 13.8 Å². The van der Waals surface area contributed by atoms with Crippen molar-refractivity contribution in [2.75, 3.05) is 11.9 Å². The number of benzene rings is 1. The lowest BCUT2D eigenvalue weighted by atomic mass is 9.89. The van der Waals surface area contributed by atoms with Gasteiger partial charge in [-0.25, -0.2) is 0 Å². The summed E-state index contributed by atoms with van der Waals surface area (Å²) < 4.78 is 5.60. The minimum atomic E-state index is -0.375. The molecule has 4 nitrogen and oxygen atoms in total. The van der Waals surface area contributed by atoms with Gasteiger partial charge in [0.1, 0.15) is 11.1 Å². The van der Waals surface area contributed by atoms with Crippen molar-refractivity contribution in [3.63, 3.8) is 0 Å². The van der Waals surface area contributed by atoms with Gasteiger partial charge in [0.25, 0.3) is 5.91 Å². The maximum atomic E-state index is 12.4. The first kappa shape index (κ1) is 21.3. The van der Waals surface area contributed by atoms with Crippen LogP contribution in [0.4, 0.5) is 5.00 Å². The molecule has 0 saturated heterocycles. The van der Waals surface area contributed by atoms with Crippen molar-refractivity contribution in [2.45, 2.75) is 40.0 Å². The average molecular weight is 458 g/mol. The summed E-state index contributed by atoms with van der Waals surface area (Å²) in [5.74, 6) is 0.448. The maximum absolute atomic E-state index is 12.4. The van der Waals surface area contributed by atoms with Gasteiger partial charge in [0, 0.05) is 9.90 Å². The molecule has 0 fully saturated rings. The monoisotopic (exact) mass is 456 g/mol. The van der Waals surface area contributed by atoms with Crippen molar-refractivity contribution in [3.8, 4) is 11.8 Å². The van der Waals surface area contributed by atoms with Crippen LogP contribution in [0, 0.1) is 31.1 Å². The maximum Gasteiger partial charge on any atom is 0.262 e. The third-order valence-electron chi connectivity index (χ3n) is 4.94. The molecule has 0 aliphatic heterocycles. The van der Waals surface area contributed by atoms with Gasteiger partial charge in [-0.15, -0.1) is 11.3 Å². The van der Waals surface area contributed by atoms with Gasteiger partial charge < -0.3 is 10.1 Å². The summed E-state index contributed by atoms with van der Waals surface area (Å²) >= 11 is 20.2. The number of nitriles is 1. The van der Waals surface area contributed by atoms with E-state index in [0.717, 1.165) is 24.8 Å². The SMILES string of the molecule is Cc1c(Cl)c(C)c(Cl)c(OCC(=O)Nc2sc3c(c2C#N)CC[C@H](C)C3)c1Cl. The lowest BCUT2D eigenvalue weighted by Crippen LogP contribution is -2.20. The van der Waals surface area contributed by atoms with Gasteiger partial charge in [-0.3, -0.25) is 4.79 Å². The molecule has 1 aliphatic carbocycles. The molecule has 8 heteroatoms. The summed E-state index contributed by atoms with van der Waals surface area (Å²) in [7, 11) is 0. The fourth-order valence-electron chi connectivity index (χ4n) is 3.30. The average Bonchev–Trinajstić information content (AvgIpc) is 3.00. The molecule has 0 bridgehead atoms. The van der Waals surface area contributed by atoms with E-state index in [-0.39, 0.29) is 28.3 Å². The number of nitrogens with zero attached hydrogens (tertiary/aromatic N) is 1. The molecule has 1 aliphatic rings. The minimum absolute atomic E-state index is 0.234. The largest absolute Gasteiger partial charge is 0.481 e. The number of nitrogens with one attached hydrogen (secondary N) is 1. The van der Waals surface area contributed by atoms with Crippen LogP contribution in [0.5, 0.6) is 5.75 Å². The van der Waals surface area contributed by atoms with Crippen LogP contribution in [0.15, 0.2) is 0 Å². The van der Waals surface area contributed by atoms with Gasteiger partial charge in [0.05, 0.1) is 15.6 Å². The van der Waals surface area contributed by atoms with E-state index >= 15 is 0 Å². The predicted octanol–water partition coefficient (Wildman–Crippen LogP) is 6.34. The Labute approximate surface area is 183 Å². The molecular formula is C20H19Cl3N2O2S. The highest BCUT2D eigenvalue weighted by Crippen LogP contribution is 2.43. The molecule has 0 radical (unpaired) electrons. The minimum Gasteiger partial charge on any atom is -0.481 e. The molecule has 1 amide bonds. The number of anilines is 1. The molecule has 0 spiro atoms. The van der Waals surface area contributed by atoms with E-state index in [1.165, 1.54) is 16.2 Å². The summed E-state index contributed by atoms with van der Waals surface area (Å²) in [4.78, 5) is 13.6. The highest BCUT2D eigenvalue weighted by atomic mass is 35.5. The van der Waals surface area contributed by atoms with Gasteiger partial charge in [-0.1, -0.05) is 41.7 Å². The summed E-state index contributed by atoms with van der Waals surface area (Å²) in [6.45, 7) is 5.45. The Morgan fingerprint density at radius 1 is 1.25 bits per heavy atom. The molecule has 1 heterocycles. The van der Waals surface area contributed by atoms with Crippen LogP contribution < -0.4 is 10.1 Å². The molecule has 2 aromatic rings. The van der Waals surface area contributed by atoms with Crippen LogP contribution in [0.2, 0.25) is 15.1 Å². The standard InChI is InChI=1S/C20H19Cl3N2O2S/c1-9-4-5-12-13(7-24)20(28-14(12)6-9)25-15(26)8-27-19-17(22)10(2)16(21)11(3)18(19)23/h9H,4-6,8H2,1-3H3,(H,25,26)/t9-/m0/s1. The lowest BCUT2D eigenvalue weighted by Gasteiger charge is -2.17. The molecule has 0 saturated carbocycles. The third-order valence-corrected chi connectivity index (χ3v) is 7.59. The topological polar surface area (TPSA) is 62.1 Å². The smallest absolute Gasteiger partial charge is 0.262 e. The third kappa shape index (κ3) is 3.97. The van der Waals surface area contributed by atoms with Crippen LogP contribution in [0.3, 0.4) is 0 Å². The van der Waals surface area contributed by atoms with Gasteiger partial charge >= 0.3 is 0 Å². The van der Waals surface area contributed by atoms with Crippen molar-refractivity contribution in [1.82, 2.24) is 0 Å². The summed E-state index contributed by atoms with van der Waals surface area (Å²) in [6, 6.07) is 2.24. The Bertz CT molecular complexity index is 966. The van der Waals surface area contributed by atoms with Gasteiger partial charge in [0.15, 0.2) is 12.4 Å². The highest BCUT2D eigenvalue weighted by molar-refractivity contribution is 7.16. The number of rotatable bonds is 4. The van der Waals surface area contributed by atoms with E-state index in [2.05, 4.69) is 18.3 Å². The molecule has 28 heavy (non-hydrogen) atoms. The zero-order valence-electron chi connectivity index (χ0n) is 15.7. The number of hydrogen-bond donors (Lipinski definition) is 1. The molecule has 1 N–H and O–H groups in total. The summed E-state index contributed by atoms with van der Waals surface area (Å²) in [5, 5.41) is 14.0. The zero-order chi connectivity index (χ0) is 20.6. The summed E-state index contributed by atoms with van der Waals surface area (Å²) in [5.41, 5.74) is 2.92. The van der Waals surface area contributed by atoms with Crippen LogP contribution in [-0.2, 0) is 17.6 Å². The fourth-order valence-corrected chi connectivity index (χ4v) is 5.49. The quantitative estimate of drug-likeness (QED) is 0.582. The van der Waals surface area contributed by atoms with Crippen LogP contribution >= 0.6 is 46.1 Å². The first-order valence-electron chi connectivity index (χ1n) is 8.85. The predicted molar refractivity (Wildman–Crippen MR) is 115 cm³/mol. The van der Waals surface area contributed by atoms with E-state index in [4.69, 9.17) is 39.5 Å². The van der Waals surface area contributed by atoms with Crippen LogP contribution in [0.25, 0.3) is 0 Å². The first-order chi connectivity index (χ1) is 13.2. The molecule has 3 rings (SSSR count). The Kier molecular flexibility index (Phi) is 6.46. The van der Waals surface area contributed by atoms with Crippen LogP contribution in [-0.4, -0.2) is 12.5 Å². The van der Waals surface area contributed by atoms with Crippen molar-refractivity contribution < 1.29 is 9.53 Å². The number of ether oxygens (including phenoxy) is 1. The van der Waals surface area contributed by atoms with Crippen LogP contribution in [0.1, 0.15) is 40.5 Å². The van der Waals surface area contributed by atoms with E-state index in [9.17, 15) is 10.1 Å². The van der Waals surface area contributed by atoms with Crippen molar-refractivity contribution in [3.05, 3.63) is 42.2 Å². The molecule has 0 unspecified atom stereocenters. The van der Waals surface area contributed by atoms with Gasteiger partial charge in [-0.2, -0.15) is 5.26 Å². The Balaban J connectivity index is 1.76. The Hall–Kier alpha value is -1.45. The van der Waals surface area contributed by atoms with E-state index in [0.29, 0.717) is 32.6 Å². The van der Waals surface area contributed by atoms with Crippen molar-refractivity contribution >= 4 is 57.0 Å². The van der Waals surface area contributed by atoms with Gasteiger partial charge in [0.2, 0.25) is 0 Å². The highest BCUT2D eigenvalue weighted by Gasteiger charge is 2.25. The second-order valence-corrected chi connectivity index (χ2v) is 9.26. The number of hydrogen-bond acceptors (Lipinski definition) is 4. The number of carbonyl (C=O) groups is 1. The van der Waals surface area contributed by atoms with Crippen molar-refractivity contribution in [2.24, 2.45) is 5.92 Å². The lowest BCUT2D eigenvalue weighted by molar-refractivity contribution is -0.118. The molecule has 148 valence electrons. The molecular weight excluding hydrogens is 439 g/mol. The molecule has 1 aromatic carbocycles. The zero-order valence-corrected chi connectivity index (χ0v) is 18.8. The number of carbonyl (C=O) groups excluding carboxylic acids is 1. The van der Waals surface area contributed by atoms with E-state index < -0.39 is 0 Å². The Morgan fingerprint density at radius 2 is 1.89 bits per heavy atom. The van der Waals surface area contributed by atoms with E-state index in [1.807, 2.05) is 0 Å². The number of amides is 1. The fraction of sp³-hybridized carbons (Fsp3) is 0.400. The second kappa shape index (κ2) is 8.51. The Morgan fingerprint density at radius 3 is 2.50 bits per heavy atom. The second-order valence-electron chi connectivity index (χ2n) is 7.03. The van der Waals surface area contributed by atoms with Gasteiger partial charge in [-0.05, 0) is 55.7 Å². The van der Waals surface area contributed by atoms with Crippen molar-refractivity contribution in [1.29, 1.82) is 5.26 Å².